The molecule has 0 radical (unpaired) electrons. The van der Waals surface area contributed by atoms with Crippen molar-refractivity contribution >= 4 is 17.7 Å². The topological polar surface area (TPSA) is 93.1 Å². The van der Waals surface area contributed by atoms with Crippen LogP contribution in [0.1, 0.15) is 56.6 Å². The van der Waals surface area contributed by atoms with E-state index >= 15 is 0 Å². The molecule has 6 rings (SSSR count). The number of likely N-dealkylation sites (tertiary alicyclic amines) is 1. The molecule has 7 unspecified atom stereocenters. The molecule has 42 heavy (non-hydrogen) atoms. The summed E-state index contributed by atoms with van der Waals surface area (Å²) in [5.41, 5.74) is 1.31. The Kier molecular flexibility index (Phi) is 9.27. The van der Waals surface area contributed by atoms with Gasteiger partial charge in [0.2, 0.25) is 5.91 Å². The second kappa shape index (κ2) is 12.9. The zero-order valence-electron chi connectivity index (χ0n) is 25.0. The molecule has 5 aliphatic rings. The molecule has 1 amide bonds. The van der Waals surface area contributed by atoms with Crippen LogP contribution in [0.3, 0.4) is 0 Å². The molecular formula is C32H46N6O3S. The van der Waals surface area contributed by atoms with E-state index in [1.165, 1.54) is 29.4 Å². The van der Waals surface area contributed by atoms with Crippen LogP contribution < -0.4 is 10.6 Å². The number of ether oxygens (including phenoxy) is 2. The summed E-state index contributed by atoms with van der Waals surface area (Å²) in [4.78, 5) is 20.6. The van der Waals surface area contributed by atoms with E-state index in [0.717, 1.165) is 38.8 Å². The van der Waals surface area contributed by atoms with Crippen molar-refractivity contribution in [3.05, 3.63) is 42.5 Å². The lowest BCUT2D eigenvalue weighted by Gasteiger charge is -2.56. The van der Waals surface area contributed by atoms with Gasteiger partial charge in [0.05, 0.1) is 37.4 Å². The summed E-state index contributed by atoms with van der Waals surface area (Å²) in [5, 5.41) is 17.3. The van der Waals surface area contributed by atoms with Crippen molar-refractivity contribution in [2.24, 2.45) is 5.92 Å². The van der Waals surface area contributed by atoms with Crippen LogP contribution in [-0.2, 0) is 14.3 Å². The average Bonchev–Trinajstić information content (AvgIpc) is 3.43. The third kappa shape index (κ3) is 6.03. The number of fused-ring (bicyclic) bond motifs is 2. The van der Waals surface area contributed by atoms with Gasteiger partial charge in [0.1, 0.15) is 0 Å². The fourth-order valence-corrected chi connectivity index (χ4v) is 9.75. The maximum Gasteiger partial charge on any atom is 0.246 e. The molecule has 1 saturated carbocycles. The number of piperazine rings is 1. The largest absolute Gasteiger partial charge is 0.377 e. The number of amides is 1. The van der Waals surface area contributed by atoms with Crippen LogP contribution in [0.25, 0.3) is 0 Å². The highest BCUT2D eigenvalue weighted by Gasteiger charge is 2.51. The highest BCUT2D eigenvalue weighted by Crippen LogP contribution is 2.56. The summed E-state index contributed by atoms with van der Waals surface area (Å²) in [6, 6.07) is 11.6. The van der Waals surface area contributed by atoms with E-state index in [1.54, 1.807) is 0 Å². The fraction of sp³-hybridized carbons (Fsp3) is 0.688. The summed E-state index contributed by atoms with van der Waals surface area (Å²) in [5.74, 6) is 0.308. The summed E-state index contributed by atoms with van der Waals surface area (Å²) in [7, 11) is 4.03. The monoisotopic (exact) mass is 594 g/mol. The Labute approximate surface area is 254 Å². The van der Waals surface area contributed by atoms with E-state index < -0.39 is 0 Å². The maximum atomic E-state index is 12.6. The van der Waals surface area contributed by atoms with Gasteiger partial charge in [-0.1, -0.05) is 24.8 Å². The van der Waals surface area contributed by atoms with E-state index in [-0.39, 0.29) is 41.4 Å². The second-order valence-corrected chi connectivity index (χ2v) is 14.3. The molecule has 0 bridgehead atoms. The molecule has 8 atom stereocenters. The van der Waals surface area contributed by atoms with Crippen molar-refractivity contribution in [3.63, 3.8) is 0 Å². The van der Waals surface area contributed by atoms with Gasteiger partial charge in [-0.05, 0) is 69.8 Å². The van der Waals surface area contributed by atoms with Crippen molar-refractivity contribution in [1.29, 1.82) is 5.26 Å². The average molecular weight is 595 g/mol. The predicted molar refractivity (Wildman–Crippen MR) is 163 cm³/mol. The molecule has 10 heteroatoms. The Morgan fingerprint density at radius 2 is 2.07 bits per heavy atom. The molecule has 2 N–H and O–H groups in total. The van der Waals surface area contributed by atoms with E-state index in [4.69, 9.17) is 9.47 Å². The van der Waals surface area contributed by atoms with Crippen LogP contribution in [0.15, 0.2) is 41.8 Å². The number of carbonyl (C=O) groups is 1. The smallest absolute Gasteiger partial charge is 0.246 e. The number of methoxy groups -OCH3 is 1. The van der Waals surface area contributed by atoms with Crippen LogP contribution in [0, 0.1) is 17.2 Å². The van der Waals surface area contributed by atoms with E-state index in [0.29, 0.717) is 38.1 Å². The number of carbonyl (C=O) groups excluding carboxylic acids is 1. The van der Waals surface area contributed by atoms with Crippen LogP contribution in [-0.4, -0.2) is 103 Å². The van der Waals surface area contributed by atoms with Crippen molar-refractivity contribution in [3.8, 4) is 6.07 Å². The summed E-state index contributed by atoms with van der Waals surface area (Å²) >= 11 is 2.05. The van der Waals surface area contributed by atoms with Crippen molar-refractivity contribution in [2.75, 3.05) is 46.9 Å². The Morgan fingerprint density at radius 3 is 2.83 bits per heavy atom. The molecule has 0 aromatic heterocycles. The van der Waals surface area contributed by atoms with Gasteiger partial charge in [-0.25, -0.2) is 0 Å². The maximum absolute atomic E-state index is 12.6. The molecule has 1 aromatic rings. The highest BCUT2D eigenvalue weighted by molar-refractivity contribution is 8.00. The Balaban J connectivity index is 1.22. The number of nitriles is 1. The predicted octanol–water partition coefficient (Wildman–Crippen LogP) is 3.30. The van der Waals surface area contributed by atoms with Gasteiger partial charge in [0.25, 0.3) is 0 Å². The number of nitrogens with zero attached hydrogens (tertiary/aromatic N) is 4. The minimum absolute atomic E-state index is 0.0881. The second-order valence-electron chi connectivity index (χ2n) is 12.8. The Morgan fingerprint density at radius 1 is 1.21 bits per heavy atom. The van der Waals surface area contributed by atoms with Crippen LogP contribution in [0.4, 0.5) is 0 Å². The Hall–Kier alpha value is -1.97. The van der Waals surface area contributed by atoms with E-state index in [9.17, 15) is 10.1 Å². The summed E-state index contributed by atoms with van der Waals surface area (Å²) < 4.78 is 12.7. The zero-order valence-corrected chi connectivity index (χ0v) is 25.9. The first-order valence-corrected chi connectivity index (χ1v) is 16.4. The molecule has 3 saturated heterocycles. The minimum Gasteiger partial charge on any atom is -0.377 e. The summed E-state index contributed by atoms with van der Waals surface area (Å²) in [6.07, 6.45) is 8.34. The van der Waals surface area contributed by atoms with Gasteiger partial charge in [-0.3, -0.25) is 20.3 Å². The standard InChI is InChI=1S/C32H46N6O3S/c1-4-29(39)38-17-16-37(20-22(38)12-14-33)30-24-11-13-32(19-27(40-3)25-9-5-6-10-28(25)42-32)18-26(24)34-31(35-30)41-21-23-8-7-15-36(23)2/h4-6,9-10,22-24,26-27,30-31,34-35H,1,7-8,11-13,15-21H2,2-3H3/t22?,23?,24?,26?,27?,30?,31?,32-/m0/s1. The molecule has 4 fully saturated rings. The van der Waals surface area contributed by atoms with Crippen LogP contribution in [0.2, 0.25) is 0 Å². The van der Waals surface area contributed by atoms with E-state index in [1.807, 2.05) is 23.8 Å². The third-order valence-electron chi connectivity index (χ3n) is 10.4. The molecule has 9 nitrogen and oxygen atoms in total. The van der Waals surface area contributed by atoms with Gasteiger partial charge >= 0.3 is 0 Å². The lowest BCUT2D eigenvalue weighted by molar-refractivity contribution is -0.135. The number of benzene rings is 1. The molecule has 4 heterocycles. The summed E-state index contributed by atoms with van der Waals surface area (Å²) in [6.45, 7) is 7.55. The molecule has 1 spiro atoms. The molecule has 1 aliphatic carbocycles. The molecule has 228 valence electrons. The number of rotatable bonds is 7. The normalized spacial score (nSPS) is 37.2. The quantitative estimate of drug-likeness (QED) is 0.462. The SMILES string of the molecule is C=CC(=O)N1CCN(C2NC(OCC3CCCN3C)NC3C[C@@]4(CCC32)CC(OC)c2ccccc2S4)CC1CC#N. The zero-order chi connectivity index (χ0) is 29.3. The van der Waals surface area contributed by atoms with Crippen molar-refractivity contribution in [2.45, 2.75) is 91.3 Å². The Bertz CT molecular complexity index is 1180. The number of hydrogen-bond acceptors (Lipinski definition) is 9. The van der Waals surface area contributed by atoms with Gasteiger partial charge in [0, 0.05) is 54.4 Å². The van der Waals surface area contributed by atoms with Crippen LogP contribution in [0.5, 0.6) is 0 Å². The molecular weight excluding hydrogens is 548 g/mol. The third-order valence-corrected chi connectivity index (χ3v) is 12.0. The first kappa shape index (κ1) is 30.1. The molecule has 4 aliphatic heterocycles. The lowest BCUT2D eigenvalue weighted by atomic mass is 9.72. The van der Waals surface area contributed by atoms with Gasteiger partial charge in [-0.15, -0.1) is 11.8 Å². The number of likely N-dealkylation sites (N-methyl/N-ethyl adjacent to an activating group) is 1. The minimum atomic E-state index is -0.248. The first-order chi connectivity index (χ1) is 20.4. The van der Waals surface area contributed by atoms with Gasteiger partial charge < -0.3 is 19.3 Å². The van der Waals surface area contributed by atoms with Gasteiger partial charge in [-0.2, -0.15) is 5.26 Å². The number of thioether (sulfide) groups is 1. The van der Waals surface area contributed by atoms with Crippen molar-refractivity contribution in [1.82, 2.24) is 25.3 Å². The number of nitrogens with one attached hydrogen (secondary N) is 2. The first-order valence-electron chi connectivity index (χ1n) is 15.6. The van der Waals surface area contributed by atoms with E-state index in [2.05, 4.69) is 64.4 Å². The fourth-order valence-electron chi connectivity index (χ4n) is 8.11. The molecule has 1 aromatic carbocycles. The van der Waals surface area contributed by atoms with Crippen molar-refractivity contribution < 1.29 is 14.3 Å². The highest BCUT2D eigenvalue weighted by atomic mass is 32.2. The lowest BCUT2D eigenvalue weighted by Crippen LogP contribution is -2.73. The van der Waals surface area contributed by atoms with Gasteiger partial charge in [0.15, 0.2) is 6.35 Å². The van der Waals surface area contributed by atoms with Crippen LogP contribution >= 0.6 is 11.8 Å². The number of hydrogen-bond donors (Lipinski definition) is 2.